The maximum atomic E-state index is 12.3. The van der Waals surface area contributed by atoms with Crippen LogP contribution in [0.25, 0.3) is 11.3 Å². The Morgan fingerprint density at radius 3 is 2.46 bits per heavy atom. The topological polar surface area (TPSA) is 63.5 Å². The van der Waals surface area contributed by atoms with Gasteiger partial charge in [-0.05, 0) is 24.6 Å². The summed E-state index contributed by atoms with van der Waals surface area (Å²) in [5.74, 6) is -0.841. The van der Waals surface area contributed by atoms with Gasteiger partial charge in [-0.15, -0.1) is 28.0 Å². The maximum absolute atomic E-state index is 12.3. The number of rotatable bonds is 4. The minimum absolute atomic E-state index is 0.185. The average molecular weight is 386 g/mol. The predicted molar refractivity (Wildman–Crippen MR) is 103 cm³/mol. The van der Waals surface area contributed by atoms with Gasteiger partial charge >= 0.3 is 0 Å². The van der Waals surface area contributed by atoms with Crippen molar-refractivity contribution < 1.29 is 9.59 Å². The van der Waals surface area contributed by atoms with Crippen molar-refractivity contribution >= 4 is 34.8 Å². The van der Waals surface area contributed by atoms with E-state index in [-0.39, 0.29) is 17.7 Å². The largest absolute Gasteiger partial charge is 0.273 e. The van der Waals surface area contributed by atoms with Crippen LogP contribution in [0.2, 0.25) is 0 Å². The molecule has 0 saturated carbocycles. The van der Waals surface area contributed by atoms with Gasteiger partial charge in [0.1, 0.15) is 5.88 Å². The second kappa shape index (κ2) is 8.12. The van der Waals surface area contributed by atoms with E-state index in [9.17, 15) is 9.59 Å². The third kappa shape index (κ3) is 3.92. The van der Waals surface area contributed by atoms with Crippen LogP contribution in [-0.4, -0.2) is 22.3 Å². The number of halogens is 1. The van der Waals surface area contributed by atoms with Gasteiger partial charge < -0.3 is 0 Å². The van der Waals surface area contributed by atoms with E-state index in [1.165, 1.54) is 15.9 Å². The van der Waals surface area contributed by atoms with Crippen LogP contribution in [0.5, 0.6) is 0 Å². The molecule has 1 N–H and O–H groups in total. The summed E-state index contributed by atoms with van der Waals surface area (Å²) >= 11 is 7.02. The fourth-order valence-electron chi connectivity index (χ4n) is 2.37. The van der Waals surface area contributed by atoms with Crippen molar-refractivity contribution in [3.8, 4) is 11.3 Å². The Morgan fingerprint density at radius 1 is 1.12 bits per heavy atom. The summed E-state index contributed by atoms with van der Waals surface area (Å²) in [6.45, 7) is 2.00. The van der Waals surface area contributed by atoms with E-state index in [0.29, 0.717) is 16.1 Å². The first-order chi connectivity index (χ1) is 12.6. The molecule has 1 amide bonds. The van der Waals surface area contributed by atoms with E-state index in [4.69, 9.17) is 11.6 Å². The van der Waals surface area contributed by atoms with Crippen LogP contribution in [0.4, 0.5) is 0 Å². The molecule has 5 nitrogen and oxygen atoms in total. The molecule has 0 fully saturated rings. The summed E-state index contributed by atoms with van der Waals surface area (Å²) in [4.78, 5) is 24.9. The first-order valence-electron chi connectivity index (χ1n) is 7.86. The van der Waals surface area contributed by atoms with Crippen LogP contribution in [0.3, 0.4) is 0 Å². The highest BCUT2D eigenvalue weighted by Crippen LogP contribution is 2.20. The molecule has 2 aromatic carbocycles. The molecule has 0 saturated heterocycles. The van der Waals surface area contributed by atoms with Crippen molar-refractivity contribution in [1.82, 2.24) is 9.99 Å². The number of nitrogens with one attached hydrogen (secondary N) is 1. The summed E-state index contributed by atoms with van der Waals surface area (Å²) in [6.07, 6.45) is 0. The molecule has 0 aliphatic heterocycles. The van der Waals surface area contributed by atoms with Crippen molar-refractivity contribution in [2.45, 2.75) is 6.92 Å². The lowest BCUT2D eigenvalue weighted by atomic mass is 10.1. The van der Waals surface area contributed by atoms with Gasteiger partial charge in [-0.1, -0.05) is 48.0 Å². The molecule has 1 heterocycles. The monoisotopic (exact) mass is 385 g/mol. The van der Waals surface area contributed by atoms with E-state index in [2.05, 4.69) is 10.5 Å². The molecule has 7 heteroatoms. The first kappa shape index (κ1) is 18.1. The molecular formula is C19H16ClN3O2S. The van der Waals surface area contributed by atoms with Gasteiger partial charge in [0.05, 0.1) is 5.69 Å². The van der Waals surface area contributed by atoms with Crippen LogP contribution in [0.1, 0.15) is 20.7 Å². The number of benzene rings is 2. The molecule has 26 heavy (non-hydrogen) atoms. The lowest BCUT2D eigenvalue weighted by Gasteiger charge is -2.06. The van der Waals surface area contributed by atoms with Crippen LogP contribution >= 0.6 is 22.9 Å². The summed E-state index contributed by atoms with van der Waals surface area (Å²) in [5.41, 5.74) is 5.67. The van der Waals surface area contributed by atoms with Crippen molar-refractivity contribution in [3.63, 3.8) is 0 Å². The molecule has 1 aromatic heterocycles. The third-order valence-corrected chi connectivity index (χ3v) is 4.76. The van der Waals surface area contributed by atoms with Gasteiger partial charge in [-0.3, -0.25) is 14.2 Å². The number of carbonyl (C=O) groups is 2. The summed E-state index contributed by atoms with van der Waals surface area (Å²) in [6, 6.07) is 16.5. The molecule has 0 atom stereocenters. The van der Waals surface area contributed by atoms with Crippen LogP contribution < -0.4 is 10.2 Å². The second-order valence-corrected chi connectivity index (χ2v) is 6.65. The van der Waals surface area contributed by atoms with Crippen molar-refractivity contribution in [2.24, 2.45) is 5.10 Å². The average Bonchev–Trinajstić information content (AvgIpc) is 3.10. The fourth-order valence-corrected chi connectivity index (χ4v) is 3.35. The lowest BCUT2D eigenvalue weighted by Crippen LogP contribution is -2.29. The SMILES string of the molecule is Cc1ccc(-c2cs/c(=N/NC(=O)c3ccccc3)n2C(=O)CCl)cc1. The van der Waals surface area contributed by atoms with E-state index >= 15 is 0 Å². The summed E-state index contributed by atoms with van der Waals surface area (Å²) in [7, 11) is 0. The Bertz CT molecular complexity index is 992. The van der Waals surface area contributed by atoms with Crippen molar-refractivity contribution in [3.05, 3.63) is 75.9 Å². The quantitative estimate of drug-likeness (QED) is 0.550. The zero-order chi connectivity index (χ0) is 18.5. The van der Waals surface area contributed by atoms with Gasteiger partial charge in [0, 0.05) is 10.9 Å². The van der Waals surface area contributed by atoms with Crippen molar-refractivity contribution in [1.29, 1.82) is 0 Å². The van der Waals surface area contributed by atoms with Gasteiger partial charge in [0.2, 0.25) is 10.7 Å². The number of carbonyl (C=O) groups excluding carboxylic acids is 2. The fraction of sp³-hybridized carbons (Fsp3) is 0.105. The van der Waals surface area contributed by atoms with E-state index in [1.54, 1.807) is 24.3 Å². The van der Waals surface area contributed by atoms with Crippen LogP contribution in [-0.2, 0) is 0 Å². The normalized spacial score (nSPS) is 11.4. The smallest absolute Gasteiger partial charge is 0.271 e. The van der Waals surface area contributed by atoms with Gasteiger partial charge in [-0.2, -0.15) is 0 Å². The Kier molecular flexibility index (Phi) is 5.65. The summed E-state index contributed by atoms with van der Waals surface area (Å²) < 4.78 is 1.42. The number of hydrogen-bond acceptors (Lipinski definition) is 4. The van der Waals surface area contributed by atoms with Crippen LogP contribution in [0.15, 0.2) is 65.1 Å². The highest BCUT2D eigenvalue weighted by molar-refractivity contribution is 7.07. The second-order valence-electron chi connectivity index (χ2n) is 5.55. The molecule has 3 aromatic rings. The zero-order valence-electron chi connectivity index (χ0n) is 14.0. The number of nitrogens with zero attached hydrogens (tertiary/aromatic N) is 2. The standard InChI is InChI=1S/C19H16ClN3O2S/c1-13-7-9-14(10-8-13)16-12-26-19(23(16)17(24)11-20)22-21-18(25)15-5-3-2-4-6-15/h2-10,12H,11H2,1H3,(H,21,25)/b22-19+. The zero-order valence-corrected chi connectivity index (χ0v) is 15.6. The number of aryl methyl sites for hydroxylation is 1. The number of hydrogen-bond donors (Lipinski definition) is 1. The minimum Gasteiger partial charge on any atom is -0.273 e. The molecule has 0 unspecified atom stereocenters. The highest BCUT2D eigenvalue weighted by Gasteiger charge is 2.14. The molecule has 0 aliphatic rings. The summed E-state index contributed by atoms with van der Waals surface area (Å²) in [5, 5.41) is 5.94. The van der Waals surface area contributed by atoms with E-state index in [0.717, 1.165) is 11.1 Å². The number of aromatic nitrogens is 1. The Balaban J connectivity index is 1.98. The number of amides is 1. The number of thiazole rings is 1. The van der Waals surface area contributed by atoms with Gasteiger partial charge in [0.25, 0.3) is 5.91 Å². The highest BCUT2D eigenvalue weighted by atomic mass is 35.5. The Labute approximate surface area is 159 Å². The minimum atomic E-state index is -0.347. The third-order valence-electron chi connectivity index (χ3n) is 3.71. The molecular weight excluding hydrogens is 370 g/mol. The first-order valence-corrected chi connectivity index (χ1v) is 9.27. The van der Waals surface area contributed by atoms with Crippen molar-refractivity contribution in [2.75, 3.05) is 5.88 Å². The molecule has 3 rings (SSSR count). The Hall–Kier alpha value is -2.70. The number of alkyl halides is 1. The lowest BCUT2D eigenvalue weighted by molar-refractivity contribution is 0.0926. The van der Waals surface area contributed by atoms with Gasteiger partial charge in [-0.25, -0.2) is 5.43 Å². The van der Waals surface area contributed by atoms with Gasteiger partial charge in [0.15, 0.2) is 0 Å². The maximum Gasteiger partial charge on any atom is 0.271 e. The molecule has 0 radical (unpaired) electrons. The molecule has 0 spiro atoms. The van der Waals surface area contributed by atoms with E-state index in [1.807, 2.05) is 42.6 Å². The molecule has 0 aliphatic carbocycles. The molecule has 132 valence electrons. The predicted octanol–water partition coefficient (Wildman–Crippen LogP) is 3.65. The van der Waals surface area contributed by atoms with Crippen LogP contribution in [0, 0.1) is 6.92 Å². The molecule has 0 bridgehead atoms. The Morgan fingerprint density at radius 2 is 1.81 bits per heavy atom. The van der Waals surface area contributed by atoms with E-state index < -0.39 is 0 Å².